The van der Waals surface area contributed by atoms with E-state index in [4.69, 9.17) is 23.2 Å². The van der Waals surface area contributed by atoms with Crippen molar-refractivity contribution in [2.45, 2.75) is 11.3 Å². The lowest BCUT2D eigenvalue weighted by Gasteiger charge is -2.10. The lowest BCUT2D eigenvalue weighted by Crippen LogP contribution is -2.26. The van der Waals surface area contributed by atoms with Gasteiger partial charge in [0.2, 0.25) is 10.0 Å². The Balaban J connectivity index is 2.12. The summed E-state index contributed by atoms with van der Waals surface area (Å²) < 4.78 is 28.7. The molecule has 0 spiro atoms. The predicted molar refractivity (Wildman–Crippen MR) is 95.1 cm³/mol. The Hall–Kier alpha value is 0.370. The second-order valence-corrected chi connectivity index (χ2v) is 10.0. The maximum Gasteiger partial charge on any atom is 0.243 e. The molecule has 0 fully saturated rings. The van der Waals surface area contributed by atoms with Gasteiger partial charge in [0.15, 0.2) is 0 Å². The number of sulfonamides is 1. The number of hydrogen-bond donors (Lipinski definition) is 1. The predicted octanol–water partition coefficient (Wildman–Crippen LogP) is 5.10. The number of thiophene rings is 1. The fraction of sp³-hybridized carbons (Fsp3) is 0.167. The van der Waals surface area contributed by atoms with Gasteiger partial charge in [0.25, 0.3) is 0 Å². The Kier molecular flexibility index (Phi) is 6.15. The van der Waals surface area contributed by atoms with Crippen LogP contribution in [0.25, 0.3) is 0 Å². The van der Waals surface area contributed by atoms with Crippen LogP contribution in [-0.4, -0.2) is 15.0 Å². The van der Waals surface area contributed by atoms with Gasteiger partial charge < -0.3 is 0 Å². The van der Waals surface area contributed by atoms with E-state index in [1.54, 1.807) is 11.3 Å². The molecule has 0 saturated heterocycles. The minimum atomic E-state index is -3.74. The van der Waals surface area contributed by atoms with Gasteiger partial charge in [-0.1, -0.05) is 39.1 Å². The van der Waals surface area contributed by atoms with Gasteiger partial charge in [0.05, 0.1) is 13.8 Å². The van der Waals surface area contributed by atoms with E-state index in [0.717, 1.165) is 8.66 Å². The number of hydrogen-bond acceptors (Lipinski definition) is 3. The highest BCUT2D eigenvalue weighted by molar-refractivity contribution is 9.11. The van der Waals surface area contributed by atoms with Gasteiger partial charge in [-0.25, -0.2) is 13.1 Å². The molecule has 0 amide bonds. The van der Waals surface area contributed by atoms with Crippen LogP contribution in [0.5, 0.6) is 0 Å². The topological polar surface area (TPSA) is 46.2 Å². The van der Waals surface area contributed by atoms with E-state index in [1.165, 1.54) is 12.1 Å². The van der Waals surface area contributed by atoms with Crippen LogP contribution < -0.4 is 4.72 Å². The smallest absolute Gasteiger partial charge is 0.211 e. The standard InChI is InChI=1S/C12H9Br2Cl2NO2S2/c13-7-5-9(15)12(10(16)6-7)21(18,19)17-4-3-8-1-2-11(14)20-8/h1-2,5-6,17H,3-4H2. The van der Waals surface area contributed by atoms with Crippen LogP contribution in [0.3, 0.4) is 0 Å². The molecular weight excluding hydrogens is 485 g/mol. The highest BCUT2D eigenvalue weighted by Crippen LogP contribution is 2.32. The Morgan fingerprint density at radius 3 is 2.29 bits per heavy atom. The third-order valence-corrected chi connectivity index (χ3v) is 7.05. The molecule has 2 rings (SSSR count). The second kappa shape index (κ2) is 7.29. The van der Waals surface area contributed by atoms with Gasteiger partial charge in [0.1, 0.15) is 4.90 Å². The largest absolute Gasteiger partial charge is 0.243 e. The molecule has 114 valence electrons. The molecule has 3 nitrogen and oxygen atoms in total. The van der Waals surface area contributed by atoms with Gasteiger partial charge in [-0.3, -0.25) is 0 Å². The highest BCUT2D eigenvalue weighted by atomic mass is 79.9. The fourth-order valence-corrected chi connectivity index (χ4v) is 6.10. The Morgan fingerprint density at radius 2 is 1.76 bits per heavy atom. The number of rotatable bonds is 5. The van der Waals surface area contributed by atoms with Crippen molar-refractivity contribution >= 4 is 76.4 Å². The van der Waals surface area contributed by atoms with E-state index in [2.05, 4.69) is 36.6 Å². The molecule has 21 heavy (non-hydrogen) atoms. The van der Waals surface area contributed by atoms with Crippen molar-refractivity contribution in [2.75, 3.05) is 6.54 Å². The van der Waals surface area contributed by atoms with Gasteiger partial charge in [-0.2, -0.15) is 0 Å². The summed E-state index contributed by atoms with van der Waals surface area (Å²) in [5.41, 5.74) is 0. The molecule has 0 aliphatic heterocycles. The molecular formula is C12H9Br2Cl2NO2S2. The molecule has 1 N–H and O–H groups in total. The summed E-state index contributed by atoms with van der Waals surface area (Å²) in [6, 6.07) is 6.87. The molecule has 0 radical (unpaired) electrons. The van der Waals surface area contributed by atoms with E-state index < -0.39 is 10.0 Å². The van der Waals surface area contributed by atoms with Crippen LogP contribution >= 0.6 is 66.4 Å². The summed E-state index contributed by atoms with van der Waals surface area (Å²) in [7, 11) is -3.74. The van der Waals surface area contributed by atoms with Crippen molar-refractivity contribution in [3.05, 3.63) is 47.4 Å². The lowest BCUT2D eigenvalue weighted by atomic mass is 10.3. The zero-order valence-corrected chi connectivity index (χ0v) is 16.7. The Bertz CT molecular complexity index is 739. The molecule has 0 saturated carbocycles. The fourth-order valence-electron chi connectivity index (χ4n) is 1.65. The summed E-state index contributed by atoms with van der Waals surface area (Å²) in [5, 5.41) is 0.168. The third-order valence-electron chi connectivity index (χ3n) is 2.52. The maximum atomic E-state index is 12.3. The van der Waals surface area contributed by atoms with Crippen LogP contribution in [0.4, 0.5) is 0 Å². The molecule has 9 heteroatoms. The van der Waals surface area contributed by atoms with Crippen molar-refractivity contribution in [1.29, 1.82) is 0 Å². The number of nitrogens with one attached hydrogen (secondary N) is 1. The van der Waals surface area contributed by atoms with Crippen molar-refractivity contribution in [3.8, 4) is 0 Å². The molecule has 1 heterocycles. The van der Waals surface area contributed by atoms with E-state index in [-0.39, 0.29) is 21.5 Å². The number of halogens is 4. The average molecular weight is 494 g/mol. The van der Waals surface area contributed by atoms with Gasteiger partial charge >= 0.3 is 0 Å². The first kappa shape index (κ1) is 17.7. The normalized spacial score (nSPS) is 11.8. The van der Waals surface area contributed by atoms with Crippen LogP contribution in [0.15, 0.2) is 37.4 Å². The van der Waals surface area contributed by atoms with Crippen molar-refractivity contribution in [1.82, 2.24) is 4.72 Å². The second-order valence-electron chi connectivity index (χ2n) is 4.05. The average Bonchev–Trinajstić information content (AvgIpc) is 2.72. The van der Waals surface area contributed by atoms with Crippen LogP contribution in [0, 0.1) is 0 Å². The Morgan fingerprint density at radius 1 is 1.14 bits per heavy atom. The summed E-state index contributed by atoms with van der Waals surface area (Å²) in [6.45, 7) is 0.276. The van der Waals surface area contributed by atoms with E-state index in [1.807, 2.05) is 12.1 Å². The van der Waals surface area contributed by atoms with Gasteiger partial charge in [0, 0.05) is 15.9 Å². The van der Waals surface area contributed by atoms with Crippen molar-refractivity contribution < 1.29 is 8.42 Å². The van der Waals surface area contributed by atoms with Crippen LogP contribution in [0.2, 0.25) is 10.0 Å². The van der Waals surface area contributed by atoms with Crippen molar-refractivity contribution in [2.24, 2.45) is 0 Å². The van der Waals surface area contributed by atoms with E-state index >= 15 is 0 Å². The summed E-state index contributed by atoms with van der Waals surface area (Å²) in [6.07, 6.45) is 0.598. The first-order chi connectivity index (χ1) is 9.79. The minimum absolute atomic E-state index is 0.0840. The van der Waals surface area contributed by atoms with Gasteiger partial charge in [-0.15, -0.1) is 11.3 Å². The van der Waals surface area contributed by atoms with E-state index in [9.17, 15) is 8.42 Å². The molecule has 1 aromatic heterocycles. The summed E-state index contributed by atoms with van der Waals surface area (Å²) >= 11 is 20.1. The highest BCUT2D eigenvalue weighted by Gasteiger charge is 2.22. The molecule has 0 bridgehead atoms. The van der Waals surface area contributed by atoms with Gasteiger partial charge in [-0.05, 0) is 46.6 Å². The zero-order chi connectivity index (χ0) is 15.6. The maximum absolute atomic E-state index is 12.3. The Labute approximate surface area is 154 Å². The SMILES string of the molecule is O=S(=O)(NCCc1ccc(Br)s1)c1c(Cl)cc(Br)cc1Cl. The zero-order valence-electron chi connectivity index (χ0n) is 10.4. The van der Waals surface area contributed by atoms with Crippen LogP contribution in [0.1, 0.15) is 4.88 Å². The quantitative estimate of drug-likeness (QED) is 0.629. The molecule has 1 aromatic carbocycles. The molecule has 0 unspecified atom stereocenters. The molecule has 2 aromatic rings. The number of benzene rings is 1. The first-order valence-electron chi connectivity index (χ1n) is 5.68. The summed E-state index contributed by atoms with van der Waals surface area (Å²) in [4.78, 5) is 0.985. The van der Waals surface area contributed by atoms with Crippen molar-refractivity contribution in [3.63, 3.8) is 0 Å². The van der Waals surface area contributed by atoms with E-state index in [0.29, 0.717) is 10.9 Å². The minimum Gasteiger partial charge on any atom is -0.211 e. The third kappa shape index (κ3) is 4.67. The first-order valence-corrected chi connectivity index (χ1v) is 10.3. The monoisotopic (exact) mass is 491 g/mol. The summed E-state index contributed by atoms with van der Waals surface area (Å²) in [5.74, 6) is 0. The molecule has 0 aliphatic rings. The molecule has 0 aliphatic carbocycles. The molecule has 0 atom stereocenters. The van der Waals surface area contributed by atoms with Crippen LogP contribution in [-0.2, 0) is 16.4 Å². The lowest BCUT2D eigenvalue weighted by molar-refractivity contribution is 0.582.